The maximum absolute atomic E-state index is 8.57. The monoisotopic (exact) mass is 198 g/mol. The van der Waals surface area contributed by atoms with Gasteiger partial charge in [0.05, 0.1) is 5.70 Å². The molecule has 14 heavy (non-hydrogen) atoms. The van der Waals surface area contributed by atoms with Gasteiger partial charge in [0.15, 0.2) is 0 Å². The van der Waals surface area contributed by atoms with E-state index >= 15 is 0 Å². The minimum absolute atomic E-state index is 0.0542. The highest BCUT2D eigenvalue weighted by atomic mass is 16.2. The predicted molar refractivity (Wildman–Crippen MR) is 55.1 cm³/mol. The summed E-state index contributed by atoms with van der Waals surface area (Å²) < 4.78 is 0. The summed E-state index contributed by atoms with van der Waals surface area (Å²) in [6.45, 7) is 1.63. The molecule has 0 aromatic rings. The molecule has 0 radical (unpaired) electrons. The van der Waals surface area contributed by atoms with Crippen molar-refractivity contribution in [2.75, 3.05) is 0 Å². The van der Waals surface area contributed by atoms with Crippen molar-refractivity contribution in [3.63, 3.8) is 0 Å². The van der Waals surface area contributed by atoms with Gasteiger partial charge in [-0.2, -0.15) is 5.10 Å². The quantitative estimate of drug-likeness (QED) is 0.102. The fourth-order valence-corrected chi connectivity index (χ4v) is 0.599. The summed E-state index contributed by atoms with van der Waals surface area (Å²) in [4.78, 5) is 0. The van der Waals surface area contributed by atoms with Crippen molar-refractivity contribution in [3.05, 3.63) is 23.6 Å². The standard InChI is InChI=1S/C7H14N6O/c1-5(6(8)3-14)2-7(9)13(11)4-12-10/h2-4,9,14H,8,10-11H2,1H3/b5-2?,6-3?,9-7?,12-4-. The molecule has 0 saturated heterocycles. The minimum atomic E-state index is -0.0542. The Hall–Kier alpha value is -2.02. The van der Waals surface area contributed by atoms with E-state index in [1.807, 2.05) is 0 Å². The second-order valence-corrected chi connectivity index (χ2v) is 2.47. The van der Waals surface area contributed by atoms with Crippen LogP contribution in [0.4, 0.5) is 0 Å². The van der Waals surface area contributed by atoms with Gasteiger partial charge < -0.3 is 16.7 Å². The highest BCUT2D eigenvalue weighted by molar-refractivity contribution is 5.97. The number of nitrogens with one attached hydrogen (secondary N) is 1. The molecule has 0 rings (SSSR count). The van der Waals surface area contributed by atoms with E-state index in [9.17, 15) is 0 Å². The SMILES string of the molecule is CC(=CC(=N)N(N)/C=N\N)C(N)=CO. The Morgan fingerprint density at radius 1 is 1.57 bits per heavy atom. The average Bonchev–Trinajstić information content (AvgIpc) is 2.16. The van der Waals surface area contributed by atoms with Gasteiger partial charge in [0.1, 0.15) is 18.4 Å². The van der Waals surface area contributed by atoms with Crippen LogP contribution in [0.2, 0.25) is 0 Å². The van der Waals surface area contributed by atoms with E-state index in [0.717, 1.165) is 17.6 Å². The molecule has 78 valence electrons. The third kappa shape index (κ3) is 3.59. The lowest BCUT2D eigenvalue weighted by Crippen LogP contribution is -2.35. The van der Waals surface area contributed by atoms with E-state index in [0.29, 0.717) is 5.57 Å². The van der Waals surface area contributed by atoms with E-state index in [1.54, 1.807) is 6.92 Å². The summed E-state index contributed by atoms with van der Waals surface area (Å²) in [7, 11) is 0. The zero-order chi connectivity index (χ0) is 11.1. The van der Waals surface area contributed by atoms with Gasteiger partial charge in [-0.3, -0.25) is 5.41 Å². The third-order valence-corrected chi connectivity index (χ3v) is 1.42. The Morgan fingerprint density at radius 3 is 2.57 bits per heavy atom. The number of nitrogens with two attached hydrogens (primary N) is 3. The smallest absolute Gasteiger partial charge is 0.140 e. The number of aliphatic hydroxyl groups excluding tert-OH is 1. The second-order valence-electron chi connectivity index (χ2n) is 2.47. The van der Waals surface area contributed by atoms with Gasteiger partial charge in [0.2, 0.25) is 0 Å². The molecule has 7 nitrogen and oxygen atoms in total. The van der Waals surface area contributed by atoms with Gasteiger partial charge in [-0.25, -0.2) is 10.9 Å². The summed E-state index contributed by atoms with van der Waals surface area (Å²) in [6, 6.07) is 0. The average molecular weight is 198 g/mol. The third-order valence-electron chi connectivity index (χ3n) is 1.42. The van der Waals surface area contributed by atoms with E-state index in [-0.39, 0.29) is 11.5 Å². The molecule has 0 saturated carbocycles. The van der Waals surface area contributed by atoms with Crippen LogP contribution >= 0.6 is 0 Å². The van der Waals surface area contributed by atoms with Crippen LogP contribution in [0.3, 0.4) is 0 Å². The molecule has 0 unspecified atom stereocenters. The molecule has 7 heteroatoms. The van der Waals surface area contributed by atoms with E-state index in [4.69, 9.17) is 27.9 Å². The summed E-state index contributed by atoms with van der Waals surface area (Å²) in [5, 5.41) is 20.0. The van der Waals surface area contributed by atoms with Crippen LogP contribution < -0.4 is 17.4 Å². The Labute approximate surface area is 81.6 Å². The van der Waals surface area contributed by atoms with Crippen molar-refractivity contribution in [3.8, 4) is 0 Å². The number of hydrogen-bond donors (Lipinski definition) is 5. The van der Waals surface area contributed by atoms with Crippen molar-refractivity contribution in [2.45, 2.75) is 6.92 Å². The Kier molecular flexibility index (Phi) is 4.79. The summed E-state index contributed by atoms with van der Waals surface area (Å²) >= 11 is 0. The summed E-state index contributed by atoms with van der Waals surface area (Å²) in [5.74, 6) is 10.1. The highest BCUT2D eigenvalue weighted by Gasteiger charge is 2.01. The lowest BCUT2D eigenvalue weighted by molar-refractivity contribution is 0.467. The fourth-order valence-electron chi connectivity index (χ4n) is 0.599. The first-order valence-electron chi connectivity index (χ1n) is 3.67. The van der Waals surface area contributed by atoms with Crippen LogP contribution in [0.25, 0.3) is 0 Å². The van der Waals surface area contributed by atoms with Crippen LogP contribution in [0.15, 0.2) is 28.7 Å². The van der Waals surface area contributed by atoms with Gasteiger partial charge in [0, 0.05) is 0 Å². The van der Waals surface area contributed by atoms with Crippen LogP contribution in [0.1, 0.15) is 6.92 Å². The first kappa shape index (κ1) is 12.0. The molecule has 0 spiro atoms. The highest BCUT2D eigenvalue weighted by Crippen LogP contribution is 2.01. The van der Waals surface area contributed by atoms with E-state index < -0.39 is 0 Å². The van der Waals surface area contributed by atoms with Gasteiger partial charge in [-0.05, 0) is 18.6 Å². The van der Waals surface area contributed by atoms with Crippen molar-refractivity contribution < 1.29 is 5.11 Å². The molecule has 0 aromatic heterocycles. The number of hydrogen-bond acceptors (Lipinski definition) is 6. The van der Waals surface area contributed by atoms with Crippen LogP contribution in [0.5, 0.6) is 0 Å². The van der Waals surface area contributed by atoms with Crippen molar-refractivity contribution >= 4 is 12.2 Å². The van der Waals surface area contributed by atoms with Crippen LogP contribution in [0, 0.1) is 5.41 Å². The van der Waals surface area contributed by atoms with E-state index in [2.05, 4.69) is 5.10 Å². The number of hydrazine groups is 1. The molecule has 0 aliphatic heterocycles. The summed E-state index contributed by atoms with van der Waals surface area (Å²) in [6.07, 6.45) is 3.19. The largest absolute Gasteiger partial charge is 0.513 e. The summed E-state index contributed by atoms with van der Waals surface area (Å²) in [5.41, 5.74) is 6.04. The van der Waals surface area contributed by atoms with Crippen LogP contribution in [-0.2, 0) is 0 Å². The maximum atomic E-state index is 8.57. The fraction of sp³-hybridized carbons (Fsp3) is 0.143. The molecule has 0 atom stereocenters. The first-order valence-corrected chi connectivity index (χ1v) is 3.67. The van der Waals surface area contributed by atoms with E-state index in [1.165, 1.54) is 6.08 Å². The molecule has 8 N–H and O–H groups in total. The molecular weight excluding hydrogens is 184 g/mol. The lowest BCUT2D eigenvalue weighted by atomic mass is 10.2. The zero-order valence-corrected chi connectivity index (χ0v) is 7.81. The van der Waals surface area contributed by atoms with Crippen molar-refractivity contribution in [2.24, 2.45) is 22.5 Å². The second kappa shape index (κ2) is 5.60. The molecule has 0 heterocycles. The Morgan fingerprint density at radius 2 is 2.14 bits per heavy atom. The molecule has 0 aliphatic rings. The molecule has 0 amide bonds. The number of allylic oxidation sites excluding steroid dienone is 1. The van der Waals surface area contributed by atoms with Gasteiger partial charge >= 0.3 is 0 Å². The molecule has 0 fully saturated rings. The molecule has 0 bridgehead atoms. The molecule has 0 aromatic carbocycles. The van der Waals surface area contributed by atoms with Gasteiger partial charge in [0.25, 0.3) is 0 Å². The molecular formula is C7H14N6O. The maximum Gasteiger partial charge on any atom is 0.140 e. The lowest BCUT2D eigenvalue weighted by Gasteiger charge is -2.10. The van der Waals surface area contributed by atoms with Crippen LogP contribution in [-0.4, -0.2) is 22.3 Å². The predicted octanol–water partition coefficient (Wildman–Crippen LogP) is -0.654. The molecule has 0 aliphatic carbocycles. The van der Waals surface area contributed by atoms with Gasteiger partial charge in [-0.1, -0.05) is 0 Å². The van der Waals surface area contributed by atoms with Gasteiger partial charge in [-0.15, -0.1) is 0 Å². The number of nitrogens with zero attached hydrogens (tertiary/aromatic N) is 2. The number of rotatable bonds is 3. The number of amidine groups is 1. The zero-order valence-electron chi connectivity index (χ0n) is 7.81. The number of hydrazone groups is 1. The van der Waals surface area contributed by atoms with Crippen molar-refractivity contribution in [1.29, 1.82) is 5.41 Å². The first-order chi connectivity index (χ1) is 6.52. The minimum Gasteiger partial charge on any atom is -0.513 e. The number of aliphatic hydroxyl groups is 1. The topological polar surface area (TPSA) is 138 Å². The van der Waals surface area contributed by atoms with Crippen molar-refractivity contribution in [1.82, 2.24) is 5.01 Å². The Bertz CT molecular complexity index is 293. The Balaban J connectivity index is 4.59. The normalized spacial score (nSPS) is 13.3.